The molecule has 1 N–H and O–H groups in total. The lowest BCUT2D eigenvalue weighted by atomic mass is 9.85. The van der Waals surface area contributed by atoms with Gasteiger partial charge in [-0.1, -0.05) is 30.7 Å². The molecule has 0 radical (unpaired) electrons. The van der Waals surface area contributed by atoms with Gasteiger partial charge in [0.15, 0.2) is 0 Å². The fourth-order valence-corrected chi connectivity index (χ4v) is 3.38. The van der Waals surface area contributed by atoms with Crippen LogP contribution in [0.4, 0.5) is 0 Å². The van der Waals surface area contributed by atoms with Crippen molar-refractivity contribution in [2.24, 2.45) is 5.92 Å². The highest BCUT2D eigenvalue weighted by molar-refractivity contribution is 7.89. The molecule has 6 heteroatoms. The molecular formula is C14H19NO4S. The summed E-state index contributed by atoms with van der Waals surface area (Å²) >= 11 is 0. The molecule has 2 rings (SSSR count). The molecule has 1 aliphatic rings. The first-order valence-corrected chi connectivity index (χ1v) is 8.27. The molecule has 0 bridgehead atoms. The Hall–Kier alpha value is -1.40. The van der Waals surface area contributed by atoms with Crippen LogP contribution in [0.3, 0.4) is 0 Å². The van der Waals surface area contributed by atoms with Crippen LogP contribution in [0.2, 0.25) is 0 Å². The highest BCUT2D eigenvalue weighted by Gasteiger charge is 2.28. The van der Waals surface area contributed by atoms with Crippen LogP contribution in [-0.4, -0.2) is 21.4 Å². The molecule has 0 aromatic heterocycles. The second-order valence-electron chi connectivity index (χ2n) is 5.05. The van der Waals surface area contributed by atoms with Crippen molar-refractivity contribution in [2.45, 2.75) is 31.6 Å². The average Bonchev–Trinajstić information content (AvgIpc) is 2.28. The molecule has 1 aromatic carbocycles. The van der Waals surface area contributed by atoms with Crippen molar-refractivity contribution in [1.29, 1.82) is 0 Å². The number of benzene rings is 1. The maximum Gasteiger partial charge on any atom is 0.239 e. The second kappa shape index (κ2) is 6.37. The van der Waals surface area contributed by atoms with E-state index in [4.69, 9.17) is 4.74 Å². The summed E-state index contributed by atoms with van der Waals surface area (Å²) in [4.78, 5) is 11.7. The van der Waals surface area contributed by atoms with Gasteiger partial charge in [0.25, 0.3) is 0 Å². The van der Waals surface area contributed by atoms with E-state index in [-0.39, 0.29) is 17.6 Å². The van der Waals surface area contributed by atoms with E-state index < -0.39 is 10.0 Å². The third-order valence-corrected chi connectivity index (χ3v) is 4.70. The zero-order valence-electron chi connectivity index (χ0n) is 11.5. The summed E-state index contributed by atoms with van der Waals surface area (Å²) in [5.41, 5.74) is 1.47. The zero-order chi connectivity index (χ0) is 14.6. The van der Waals surface area contributed by atoms with Gasteiger partial charge < -0.3 is 4.74 Å². The minimum absolute atomic E-state index is 0.140. The van der Waals surface area contributed by atoms with Crippen molar-refractivity contribution in [3.05, 3.63) is 35.4 Å². The van der Waals surface area contributed by atoms with Crippen LogP contribution in [0, 0.1) is 5.92 Å². The van der Waals surface area contributed by atoms with Crippen molar-refractivity contribution >= 4 is 15.9 Å². The molecule has 0 aliphatic heterocycles. The van der Waals surface area contributed by atoms with Gasteiger partial charge in [0.05, 0.1) is 12.4 Å². The van der Waals surface area contributed by atoms with E-state index in [0.717, 1.165) is 24.8 Å². The molecular weight excluding hydrogens is 278 g/mol. The normalized spacial score (nSPS) is 15.7. The summed E-state index contributed by atoms with van der Waals surface area (Å²) in [7, 11) is -2.09. The minimum atomic E-state index is -3.65. The summed E-state index contributed by atoms with van der Waals surface area (Å²) in [6.07, 6.45) is 2.55. The number of hydrogen-bond acceptors (Lipinski definition) is 4. The fraction of sp³-hybridized carbons (Fsp3) is 0.500. The van der Waals surface area contributed by atoms with Gasteiger partial charge in [-0.2, -0.15) is 0 Å². The Kier molecular flexibility index (Phi) is 4.77. The SMILES string of the molecule is COCc1ccccc1CS(=O)(=O)NC(=O)C1CCC1. The monoisotopic (exact) mass is 297 g/mol. The number of methoxy groups -OCH3 is 1. The van der Waals surface area contributed by atoms with Gasteiger partial charge in [0.2, 0.25) is 15.9 Å². The van der Waals surface area contributed by atoms with Crippen LogP contribution < -0.4 is 4.72 Å². The number of ether oxygens (including phenoxy) is 1. The Bertz CT molecular complexity index is 579. The number of rotatable bonds is 6. The van der Waals surface area contributed by atoms with Crippen molar-refractivity contribution < 1.29 is 17.9 Å². The van der Waals surface area contributed by atoms with Gasteiger partial charge >= 0.3 is 0 Å². The van der Waals surface area contributed by atoms with E-state index >= 15 is 0 Å². The van der Waals surface area contributed by atoms with Crippen LogP contribution in [0.15, 0.2) is 24.3 Å². The summed E-state index contributed by atoms with van der Waals surface area (Å²) in [6, 6.07) is 7.17. The summed E-state index contributed by atoms with van der Waals surface area (Å²) in [5.74, 6) is -0.718. The van der Waals surface area contributed by atoms with Crippen molar-refractivity contribution in [1.82, 2.24) is 4.72 Å². The van der Waals surface area contributed by atoms with Gasteiger partial charge in [-0.15, -0.1) is 0 Å². The maximum absolute atomic E-state index is 12.0. The second-order valence-corrected chi connectivity index (χ2v) is 6.78. The Morgan fingerprint density at radius 2 is 1.95 bits per heavy atom. The largest absolute Gasteiger partial charge is 0.380 e. The number of nitrogens with one attached hydrogen (secondary N) is 1. The summed E-state index contributed by atoms with van der Waals surface area (Å²) in [5, 5.41) is 0. The zero-order valence-corrected chi connectivity index (χ0v) is 12.3. The maximum atomic E-state index is 12.0. The number of carbonyl (C=O) groups excluding carboxylic acids is 1. The number of hydrogen-bond donors (Lipinski definition) is 1. The molecule has 110 valence electrons. The topological polar surface area (TPSA) is 72.5 Å². The van der Waals surface area contributed by atoms with Gasteiger partial charge in [-0.25, -0.2) is 8.42 Å². The third-order valence-electron chi connectivity index (χ3n) is 3.50. The lowest BCUT2D eigenvalue weighted by Crippen LogP contribution is -2.39. The molecule has 1 aliphatic carbocycles. The molecule has 0 unspecified atom stereocenters. The first kappa shape index (κ1) is 15.0. The number of carbonyl (C=O) groups is 1. The summed E-state index contributed by atoms with van der Waals surface area (Å²) in [6.45, 7) is 0.349. The minimum Gasteiger partial charge on any atom is -0.380 e. The van der Waals surface area contributed by atoms with Gasteiger partial charge in [0, 0.05) is 13.0 Å². The molecule has 0 spiro atoms. The summed E-state index contributed by atoms with van der Waals surface area (Å²) < 4.78 is 31.3. The van der Waals surface area contributed by atoms with Gasteiger partial charge in [0.1, 0.15) is 0 Å². The highest BCUT2D eigenvalue weighted by Crippen LogP contribution is 2.26. The quantitative estimate of drug-likeness (QED) is 0.865. The van der Waals surface area contributed by atoms with E-state index in [1.807, 2.05) is 12.1 Å². The van der Waals surface area contributed by atoms with Crippen molar-refractivity contribution in [3.8, 4) is 0 Å². The molecule has 1 fully saturated rings. The molecule has 5 nitrogen and oxygen atoms in total. The molecule has 1 amide bonds. The Balaban J connectivity index is 2.05. The van der Waals surface area contributed by atoms with Crippen LogP contribution in [0.1, 0.15) is 30.4 Å². The van der Waals surface area contributed by atoms with E-state index in [2.05, 4.69) is 4.72 Å². The standard InChI is InChI=1S/C14H19NO4S/c1-19-9-12-5-2-3-6-13(12)10-20(17,18)15-14(16)11-7-4-8-11/h2-3,5-6,11H,4,7-10H2,1H3,(H,15,16). The van der Waals surface area contributed by atoms with E-state index in [9.17, 15) is 13.2 Å². The van der Waals surface area contributed by atoms with Crippen molar-refractivity contribution in [2.75, 3.05) is 7.11 Å². The first-order chi connectivity index (χ1) is 9.52. The third kappa shape index (κ3) is 3.80. The molecule has 1 aromatic rings. The van der Waals surface area contributed by atoms with Crippen LogP contribution in [0.25, 0.3) is 0 Å². The van der Waals surface area contributed by atoms with E-state index in [0.29, 0.717) is 12.2 Å². The average molecular weight is 297 g/mol. The molecule has 1 saturated carbocycles. The molecule has 0 atom stereocenters. The molecule has 0 saturated heterocycles. The van der Waals surface area contributed by atoms with Crippen LogP contribution >= 0.6 is 0 Å². The Labute approximate surface area is 119 Å². The Morgan fingerprint density at radius 3 is 2.50 bits per heavy atom. The predicted molar refractivity (Wildman–Crippen MR) is 75.3 cm³/mol. The van der Waals surface area contributed by atoms with E-state index in [1.54, 1.807) is 19.2 Å². The Morgan fingerprint density at radius 1 is 1.30 bits per heavy atom. The first-order valence-electron chi connectivity index (χ1n) is 6.62. The van der Waals surface area contributed by atoms with Crippen molar-refractivity contribution in [3.63, 3.8) is 0 Å². The van der Waals surface area contributed by atoms with E-state index in [1.165, 1.54) is 0 Å². The smallest absolute Gasteiger partial charge is 0.239 e. The lowest BCUT2D eigenvalue weighted by molar-refractivity contribution is -0.125. The molecule has 20 heavy (non-hydrogen) atoms. The lowest BCUT2D eigenvalue weighted by Gasteiger charge is -2.23. The van der Waals surface area contributed by atoms with Crippen LogP contribution in [0.5, 0.6) is 0 Å². The highest BCUT2D eigenvalue weighted by atomic mass is 32.2. The number of sulfonamides is 1. The van der Waals surface area contributed by atoms with Gasteiger partial charge in [-0.3, -0.25) is 9.52 Å². The van der Waals surface area contributed by atoms with Gasteiger partial charge in [-0.05, 0) is 24.0 Å². The molecule has 0 heterocycles. The van der Waals surface area contributed by atoms with Crippen LogP contribution in [-0.2, 0) is 31.9 Å². The fourth-order valence-electron chi connectivity index (χ4n) is 2.14. The predicted octanol–water partition coefficient (Wildman–Crippen LogP) is 1.58. The number of amides is 1.